The predicted molar refractivity (Wildman–Crippen MR) is 74.9 cm³/mol. The zero-order chi connectivity index (χ0) is 13.7. The Bertz CT molecular complexity index is 568. The maximum atomic E-state index is 11.6. The second kappa shape index (κ2) is 6.64. The number of rotatable bonds is 6. The van der Waals surface area contributed by atoms with Crippen molar-refractivity contribution in [2.45, 2.75) is 10.8 Å². The Labute approximate surface area is 120 Å². The second-order valence-corrected chi connectivity index (χ2v) is 6.32. The molecule has 0 spiro atoms. The van der Waals surface area contributed by atoms with Crippen molar-refractivity contribution >= 4 is 51.4 Å². The Morgan fingerprint density at radius 1 is 1.42 bits per heavy atom. The van der Waals surface area contributed by atoms with Gasteiger partial charge in [-0.1, -0.05) is 11.8 Å². The molecule has 0 aliphatic carbocycles. The lowest BCUT2D eigenvalue weighted by atomic mass is 10.3. The number of nitrogens with one attached hydrogen (secondary N) is 1. The van der Waals surface area contributed by atoms with Crippen molar-refractivity contribution in [2.75, 3.05) is 11.1 Å². The van der Waals surface area contributed by atoms with Gasteiger partial charge in [0.05, 0.1) is 17.9 Å². The number of carboxylic acids is 1. The molecule has 0 aliphatic heterocycles. The number of aliphatic carboxylic acids is 1. The lowest BCUT2D eigenvalue weighted by Crippen LogP contribution is -2.13. The molecule has 0 atom stereocenters. The van der Waals surface area contributed by atoms with E-state index in [2.05, 4.69) is 15.3 Å². The fourth-order valence-electron chi connectivity index (χ4n) is 1.16. The molecule has 9 heteroatoms. The van der Waals surface area contributed by atoms with E-state index in [0.29, 0.717) is 15.2 Å². The Kier molecular flexibility index (Phi) is 4.88. The predicted octanol–water partition coefficient (Wildman–Crippen LogP) is 1.96. The summed E-state index contributed by atoms with van der Waals surface area (Å²) in [4.78, 5) is 30.2. The molecule has 0 saturated carbocycles. The van der Waals surface area contributed by atoms with Crippen LogP contribution in [0.4, 0.5) is 5.13 Å². The lowest BCUT2D eigenvalue weighted by Gasteiger charge is -1.99. The van der Waals surface area contributed by atoms with E-state index >= 15 is 0 Å². The van der Waals surface area contributed by atoms with Crippen molar-refractivity contribution in [3.8, 4) is 0 Å². The number of amides is 1. The smallest absolute Gasteiger partial charge is 0.309 e. The average molecular weight is 315 g/mol. The van der Waals surface area contributed by atoms with E-state index < -0.39 is 5.97 Å². The fourth-order valence-corrected chi connectivity index (χ4v) is 3.35. The zero-order valence-electron chi connectivity index (χ0n) is 9.53. The van der Waals surface area contributed by atoms with Gasteiger partial charge in [0.2, 0.25) is 5.91 Å². The highest BCUT2D eigenvalue weighted by Crippen LogP contribution is 2.23. The number of thioether (sulfide) groups is 1. The third-order valence-corrected chi connectivity index (χ3v) is 4.63. The molecule has 0 aliphatic rings. The van der Waals surface area contributed by atoms with Gasteiger partial charge in [0, 0.05) is 17.0 Å². The summed E-state index contributed by atoms with van der Waals surface area (Å²) in [5, 5.41) is 15.3. The molecule has 100 valence electrons. The maximum Gasteiger partial charge on any atom is 0.309 e. The van der Waals surface area contributed by atoms with E-state index in [1.807, 2.05) is 0 Å². The minimum atomic E-state index is -0.914. The Morgan fingerprint density at radius 2 is 2.26 bits per heavy atom. The molecule has 2 N–H and O–H groups in total. The van der Waals surface area contributed by atoms with Crippen LogP contribution < -0.4 is 5.32 Å². The van der Waals surface area contributed by atoms with Crippen LogP contribution >= 0.6 is 34.4 Å². The van der Waals surface area contributed by atoms with Gasteiger partial charge in [-0.2, -0.15) is 0 Å². The van der Waals surface area contributed by atoms with E-state index in [0.717, 1.165) is 0 Å². The monoisotopic (exact) mass is 315 g/mol. The molecule has 0 saturated heterocycles. The number of hydrogen-bond donors (Lipinski definition) is 2. The van der Waals surface area contributed by atoms with E-state index in [-0.39, 0.29) is 18.1 Å². The highest BCUT2D eigenvalue weighted by atomic mass is 32.2. The van der Waals surface area contributed by atoms with Gasteiger partial charge in [0.15, 0.2) is 9.47 Å². The molecule has 2 aromatic heterocycles. The molecule has 0 aromatic carbocycles. The van der Waals surface area contributed by atoms with Gasteiger partial charge in [-0.05, 0) is 0 Å². The highest BCUT2D eigenvalue weighted by Gasteiger charge is 2.09. The Morgan fingerprint density at radius 3 is 2.95 bits per heavy atom. The number of carbonyl (C=O) groups is 2. The second-order valence-electron chi connectivity index (χ2n) is 3.35. The third kappa shape index (κ3) is 4.62. The number of carboxylic acid groups (broad SMARTS) is 1. The summed E-state index contributed by atoms with van der Waals surface area (Å²) in [6.45, 7) is 0. The van der Waals surface area contributed by atoms with Gasteiger partial charge in [-0.15, -0.1) is 22.7 Å². The largest absolute Gasteiger partial charge is 0.481 e. The Balaban J connectivity index is 1.80. The Hall–Kier alpha value is -1.45. The van der Waals surface area contributed by atoms with Gasteiger partial charge in [-0.25, -0.2) is 9.97 Å². The summed E-state index contributed by atoms with van der Waals surface area (Å²) < 4.78 is 0.686. The number of aromatic nitrogens is 2. The molecule has 1 amide bonds. The number of thiazole rings is 2. The summed E-state index contributed by atoms with van der Waals surface area (Å²) in [5.41, 5.74) is 0.514. The minimum absolute atomic E-state index is 0.0949. The first-order valence-electron chi connectivity index (χ1n) is 5.12. The molecule has 0 bridgehead atoms. The van der Waals surface area contributed by atoms with Gasteiger partial charge in [-0.3, -0.25) is 9.59 Å². The highest BCUT2D eigenvalue weighted by molar-refractivity contribution is 8.01. The first-order chi connectivity index (χ1) is 9.13. The summed E-state index contributed by atoms with van der Waals surface area (Å²) in [5.74, 6) is -0.849. The van der Waals surface area contributed by atoms with Gasteiger partial charge in [0.25, 0.3) is 0 Å². The molecule has 0 fully saturated rings. The van der Waals surface area contributed by atoms with Crippen molar-refractivity contribution in [3.05, 3.63) is 22.7 Å². The lowest BCUT2D eigenvalue weighted by molar-refractivity contribution is -0.136. The van der Waals surface area contributed by atoms with E-state index in [1.165, 1.54) is 34.4 Å². The average Bonchev–Trinajstić information content (AvgIpc) is 2.97. The molecular weight excluding hydrogens is 306 g/mol. The number of anilines is 1. The van der Waals surface area contributed by atoms with Gasteiger partial charge >= 0.3 is 5.97 Å². The first kappa shape index (κ1) is 14.0. The van der Waals surface area contributed by atoms with Crippen molar-refractivity contribution in [1.29, 1.82) is 0 Å². The van der Waals surface area contributed by atoms with Crippen LogP contribution in [0.2, 0.25) is 0 Å². The molecular formula is C10H9N3O3S3. The van der Waals surface area contributed by atoms with Gasteiger partial charge < -0.3 is 10.4 Å². The van der Waals surface area contributed by atoms with Crippen molar-refractivity contribution in [1.82, 2.24) is 9.97 Å². The summed E-state index contributed by atoms with van der Waals surface area (Å²) in [6, 6.07) is 0. The topological polar surface area (TPSA) is 92.2 Å². The van der Waals surface area contributed by atoms with Crippen molar-refractivity contribution in [3.63, 3.8) is 0 Å². The van der Waals surface area contributed by atoms with Crippen molar-refractivity contribution < 1.29 is 14.7 Å². The van der Waals surface area contributed by atoms with Crippen molar-refractivity contribution in [2.24, 2.45) is 0 Å². The van der Waals surface area contributed by atoms with E-state index in [9.17, 15) is 9.59 Å². The molecule has 2 rings (SSSR count). The number of nitrogens with zero attached hydrogens (tertiary/aromatic N) is 2. The molecule has 19 heavy (non-hydrogen) atoms. The van der Waals surface area contributed by atoms with Crippen LogP contribution in [0.25, 0.3) is 0 Å². The fraction of sp³-hybridized carbons (Fsp3) is 0.200. The van der Waals surface area contributed by atoms with Crippen LogP contribution in [0.3, 0.4) is 0 Å². The molecule has 2 heterocycles. The number of hydrogen-bond acceptors (Lipinski definition) is 7. The maximum absolute atomic E-state index is 11.6. The van der Waals surface area contributed by atoms with Crippen LogP contribution in [-0.2, 0) is 16.0 Å². The van der Waals surface area contributed by atoms with Crippen LogP contribution in [0.5, 0.6) is 0 Å². The normalized spacial score (nSPS) is 10.3. The molecule has 0 radical (unpaired) electrons. The van der Waals surface area contributed by atoms with E-state index in [1.54, 1.807) is 17.0 Å². The zero-order valence-corrected chi connectivity index (χ0v) is 12.0. The van der Waals surface area contributed by atoms with Crippen LogP contribution in [-0.4, -0.2) is 32.7 Å². The summed E-state index contributed by atoms with van der Waals surface area (Å²) in [7, 11) is 0. The van der Waals surface area contributed by atoms with Crippen LogP contribution in [0.1, 0.15) is 5.69 Å². The SMILES string of the molecule is O=C(O)Cc1csc(SCC(=O)Nc2nccs2)n1. The van der Waals surface area contributed by atoms with Gasteiger partial charge in [0.1, 0.15) is 0 Å². The summed E-state index contributed by atoms with van der Waals surface area (Å²) >= 11 is 3.97. The minimum Gasteiger partial charge on any atom is -0.481 e. The standard InChI is InChI=1S/C10H9N3O3S3/c14-7(13-9-11-1-2-17-9)5-19-10-12-6(4-18-10)3-8(15)16/h1-2,4H,3,5H2,(H,15,16)(H,11,13,14). The number of carbonyl (C=O) groups excluding carboxylic acids is 1. The van der Waals surface area contributed by atoms with E-state index in [4.69, 9.17) is 5.11 Å². The molecule has 2 aromatic rings. The first-order valence-corrected chi connectivity index (χ1v) is 7.86. The quantitative estimate of drug-likeness (QED) is 0.792. The van der Waals surface area contributed by atoms with Crippen LogP contribution in [0, 0.1) is 0 Å². The molecule has 0 unspecified atom stereocenters. The third-order valence-electron chi connectivity index (χ3n) is 1.87. The van der Waals surface area contributed by atoms with Crippen LogP contribution in [0.15, 0.2) is 21.3 Å². The summed E-state index contributed by atoms with van der Waals surface area (Å²) in [6.07, 6.45) is 1.52. The molecule has 6 nitrogen and oxygen atoms in total.